The van der Waals surface area contributed by atoms with Gasteiger partial charge in [0, 0.05) is 36.3 Å². The fourth-order valence-electron chi connectivity index (χ4n) is 7.23. The van der Waals surface area contributed by atoms with Crippen LogP contribution in [0.1, 0.15) is 74.7 Å². The fourth-order valence-corrected chi connectivity index (χ4v) is 7.23. The predicted octanol–water partition coefficient (Wildman–Crippen LogP) is 3.07. The summed E-state index contributed by atoms with van der Waals surface area (Å²) in [4.78, 5) is 37.2. The maximum atomic E-state index is 13.0. The largest absolute Gasteiger partial charge is 0.485 e. The Morgan fingerprint density at radius 2 is 1.97 bits per heavy atom. The van der Waals surface area contributed by atoms with Gasteiger partial charge in [-0.3, -0.25) is 19.7 Å². The fraction of sp³-hybridized carbons (Fsp3) is 0.667. The van der Waals surface area contributed by atoms with Crippen LogP contribution in [0.4, 0.5) is 5.69 Å². The number of nitro benzene ring substituents is 1. The number of carbonyl (C=O) groups is 2. The van der Waals surface area contributed by atoms with Crippen molar-refractivity contribution in [3.8, 4) is 5.75 Å². The molecule has 0 bridgehead atoms. The van der Waals surface area contributed by atoms with Gasteiger partial charge in [0.2, 0.25) is 0 Å². The summed E-state index contributed by atoms with van der Waals surface area (Å²) < 4.78 is 12.4. The monoisotopic (exact) mass is 458 g/mol. The summed E-state index contributed by atoms with van der Waals surface area (Å²) in [5, 5.41) is 25.7. The Kier molecular flexibility index (Phi) is 4.56. The second kappa shape index (κ2) is 6.76. The van der Waals surface area contributed by atoms with Gasteiger partial charge in [-0.1, -0.05) is 27.7 Å². The number of ether oxygens (including phenoxy) is 2. The first kappa shape index (κ1) is 22.3. The normalized spacial score (nSPS) is 38.4. The Bertz CT molecular complexity index is 1100. The number of benzene rings is 1. The quantitative estimate of drug-likeness (QED) is 0.515. The number of fused-ring (bicyclic) bond motifs is 3. The van der Waals surface area contributed by atoms with E-state index in [0.717, 1.165) is 12.8 Å². The number of carbonyl (C=O) groups excluding carboxylic acids is 2. The minimum absolute atomic E-state index is 0.122. The van der Waals surface area contributed by atoms with Crippen LogP contribution in [0.2, 0.25) is 0 Å². The van der Waals surface area contributed by atoms with Crippen LogP contribution >= 0.6 is 0 Å². The zero-order valence-corrected chi connectivity index (χ0v) is 19.6. The van der Waals surface area contributed by atoms with Gasteiger partial charge in [-0.15, -0.1) is 0 Å². The van der Waals surface area contributed by atoms with Crippen molar-refractivity contribution in [3.63, 3.8) is 0 Å². The van der Waals surface area contributed by atoms with Crippen molar-refractivity contribution < 1.29 is 29.1 Å². The highest BCUT2D eigenvalue weighted by molar-refractivity contribution is 6.01. The van der Waals surface area contributed by atoms with Gasteiger partial charge in [0.15, 0.2) is 12.0 Å². The van der Waals surface area contributed by atoms with Gasteiger partial charge < -0.3 is 19.9 Å². The van der Waals surface area contributed by atoms with Crippen LogP contribution in [0.5, 0.6) is 5.75 Å². The minimum atomic E-state index is -1.19. The second-order valence-electron chi connectivity index (χ2n) is 10.9. The van der Waals surface area contributed by atoms with Gasteiger partial charge in [-0.25, -0.2) is 0 Å². The smallest absolute Gasteiger partial charge is 0.277 e. The maximum absolute atomic E-state index is 13.0. The summed E-state index contributed by atoms with van der Waals surface area (Å²) in [5.41, 5.74) is -1.37. The lowest BCUT2D eigenvalue weighted by molar-refractivity contribution is -0.386. The molecule has 4 aliphatic rings. The Hall–Kier alpha value is -2.52. The predicted molar refractivity (Wildman–Crippen MR) is 117 cm³/mol. The number of methoxy groups -OCH3 is 1. The molecular weight excluding hydrogens is 428 g/mol. The highest BCUT2D eigenvalue weighted by Crippen LogP contribution is 2.66. The molecule has 9 heteroatoms. The topological polar surface area (TPSA) is 128 Å². The average molecular weight is 459 g/mol. The first-order valence-corrected chi connectivity index (χ1v) is 11.5. The van der Waals surface area contributed by atoms with Crippen molar-refractivity contribution in [1.29, 1.82) is 0 Å². The number of aliphatic hydroxyl groups is 1. The van der Waals surface area contributed by atoms with Crippen LogP contribution in [0.15, 0.2) is 6.07 Å². The van der Waals surface area contributed by atoms with Crippen molar-refractivity contribution in [3.05, 3.63) is 32.9 Å². The molecule has 2 fully saturated rings. The van der Waals surface area contributed by atoms with Crippen molar-refractivity contribution in [2.75, 3.05) is 7.11 Å². The number of hydrogen-bond donors (Lipinski definition) is 2. The van der Waals surface area contributed by atoms with E-state index in [9.17, 15) is 24.8 Å². The molecule has 1 amide bonds. The number of amides is 1. The molecule has 33 heavy (non-hydrogen) atoms. The SMILES string of the molecule is COC1NC(=O)c2cc([N+](=O)[O-])c3c(c21)O[C@@]12CC(O)C(=O)C(C)(C)[C@@H]1CC[C@H](C)[C@@]2(C)C3. The number of aliphatic hydroxyl groups excluding tert-OH is 1. The molecule has 1 spiro atoms. The summed E-state index contributed by atoms with van der Waals surface area (Å²) in [5.74, 6) is -0.399. The van der Waals surface area contributed by atoms with E-state index in [0.29, 0.717) is 23.3 Å². The van der Waals surface area contributed by atoms with Crippen LogP contribution in [0, 0.1) is 32.8 Å². The van der Waals surface area contributed by atoms with Crippen LogP contribution < -0.4 is 10.1 Å². The van der Waals surface area contributed by atoms with Gasteiger partial charge in [-0.2, -0.15) is 0 Å². The summed E-state index contributed by atoms with van der Waals surface area (Å²) in [6, 6.07) is 1.32. The van der Waals surface area contributed by atoms with Crippen molar-refractivity contribution in [2.45, 2.75) is 71.3 Å². The van der Waals surface area contributed by atoms with E-state index >= 15 is 0 Å². The van der Waals surface area contributed by atoms with E-state index in [1.807, 2.05) is 13.8 Å². The molecule has 178 valence electrons. The van der Waals surface area contributed by atoms with Gasteiger partial charge in [0.25, 0.3) is 11.6 Å². The number of ketones is 1. The van der Waals surface area contributed by atoms with Crippen LogP contribution in [0.3, 0.4) is 0 Å². The molecule has 2 heterocycles. The van der Waals surface area contributed by atoms with E-state index in [1.165, 1.54) is 13.2 Å². The molecule has 1 aromatic rings. The lowest BCUT2D eigenvalue weighted by atomic mass is 9.43. The van der Waals surface area contributed by atoms with Gasteiger partial charge in [0.05, 0.1) is 21.6 Å². The van der Waals surface area contributed by atoms with Gasteiger partial charge >= 0.3 is 0 Å². The number of nitrogens with zero attached hydrogens (tertiary/aromatic N) is 1. The molecule has 1 aromatic carbocycles. The Labute approximate surface area is 192 Å². The summed E-state index contributed by atoms with van der Waals surface area (Å²) >= 11 is 0. The first-order valence-electron chi connectivity index (χ1n) is 11.5. The molecule has 0 radical (unpaired) electrons. The number of nitrogens with one attached hydrogen (secondary N) is 1. The van der Waals surface area contributed by atoms with Crippen molar-refractivity contribution in [2.24, 2.45) is 22.7 Å². The lowest BCUT2D eigenvalue weighted by Crippen LogP contribution is -2.72. The van der Waals surface area contributed by atoms with Crippen LogP contribution in [-0.4, -0.2) is 40.5 Å². The first-order chi connectivity index (χ1) is 15.4. The third-order valence-corrected chi connectivity index (χ3v) is 9.24. The molecule has 5 rings (SSSR count). The Morgan fingerprint density at radius 3 is 2.61 bits per heavy atom. The number of rotatable bonds is 2. The average Bonchev–Trinajstić information content (AvgIpc) is 3.07. The van der Waals surface area contributed by atoms with Gasteiger partial charge in [0.1, 0.15) is 17.5 Å². The van der Waals surface area contributed by atoms with Crippen molar-refractivity contribution in [1.82, 2.24) is 5.32 Å². The summed E-state index contributed by atoms with van der Waals surface area (Å²) in [6.07, 6.45) is 0.104. The minimum Gasteiger partial charge on any atom is -0.485 e. The van der Waals surface area contributed by atoms with E-state index in [1.54, 1.807) is 0 Å². The molecular formula is C24H30N2O7. The number of nitro groups is 1. The third kappa shape index (κ3) is 2.60. The van der Waals surface area contributed by atoms with E-state index in [4.69, 9.17) is 9.47 Å². The van der Waals surface area contributed by atoms with Crippen LogP contribution in [0.25, 0.3) is 0 Å². The Balaban J connectivity index is 1.81. The van der Waals surface area contributed by atoms with Gasteiger partial charge in [-0.05, 0) is 25.2 Å². The summed E-state index contributed by atoms with van der Waals surface area (Å²) in [6.45, 7) is 7.91. The number of hydrogen-bond acceptors (Lipinski definition) is 7. The van der Waals surface area contributed by atoms with E-state index < -0.39 is 39.6 Å². The standard InChI is InChI=1S/C24H30N2O7/c1-11-6-7-16-22(2,3)19(28)15(27)10-24(16)23(11,4)9-13-14(26(30)31)8-12-17(18(13)33-24)21(32-5)25-20(12)29/h8,11,15-16,21,27H,6-7,9-10H2,1-5H3,(H,25,29)/t11-,15?,16-,21?,23+,24-/m0/s1. The van der Waals surface area contributed by atoms with Crippen LogP contribution in [-0.2, 0) is 16.0 Å². The molecule has 2 unspecified atom stereocenters. The molecule has 2 N–H and O–H groups in total. The third-order valence-electron chi connectivity index (χ3n) is 9.24. The molecule has 2 aliphatic carbocycles. The lowest BCUT2D eigenvalue weighted by Gasteiger charge is -2.66. The maximum Gasteiger partial charge on any atom is 0.277 e. The zero-order valence-electron chi connectivity index (χ0n) is 19.6. The molecule has 2 aliphatic heterocycles. The molecule has 0 aromatic heterocycles. The zero-order chi connectivity index (χ0) is 24.1. The highest BCUT2D eigenvalue weighted by atomic mass is 16.6. The molecule has 2 saturated carbocycles. The van der Waals surface area contributed by atoms with Crippen molar-refractivity contribution >= 4 is 17.4 Å². The summed E-state index contributed by atoms with van der Waals surface area (Å²) in [7, 11) is 1.46. The number of Topliss-reactive ketones (excluding diaryl/α,β-unsaturated/α-hetero) is 1. The molecule has 9 nitrogen and oxygen atoms in total. The highest BCUT2D eigenvalue weighted by Gasteiger charge is 2.70. The second-order valence-corrected chi connectivity index (χ2v) is 10.9. The molecule has 6 atom stereocenters. The molecule has 0 saturated heterocycles. The van der Waals surface area contributed by atoms with E-state index in [2.05, 4.69) is 19.2 Å². The Morgan fingerprint density at radius 1 is 1.27 bits per heavy atom. The van der Waals surface area contributed by atoms with E-state index in [-0.39, 0.29) is 35.3 Å².